The van der Waals surface area contributed by atoms with Gasteiger partial charge in [-0.15, -0.1) is 0 Å². The molecule has 2 aromatic heterocycles. The van der Waals surface area contributed by atoms with Gasteiger partial charge in [-0.2, -0.15) is 5.10 Å². The molecule has 0 bridgehead atoms. The molecule has 3 heterocycles. The van der Waals surface area contributed by atoms with Crippen molar-refractivity contribution in [2.75, 3.05) is 44.3 Å². The van der Waals surface area contributed by atoms with Crippen molar-refractivity contribution in [1.29, 1.82) is 0 Å². The van der Waals surface area contributed by atoms with Crippen molar-refractivity contribution in [3.05, 3.63) is 12.5 Å². The van der Waals surface area contributed by atoms with E-state index >= 15 is 0 Å². The molecule has 1 aliphatic heterocycles. The molecule has 0 radical (unpaired) electrons. The van der Waals surface area contributed by atoms with Crippen molar-refractivity contribution >= 4 is 16.9 Å². The highest BCUT2D eigenvalue weighted by Gasteiger charge is 2.25. The van der Waals surface area contributed by atoms with E-state index in [2.05, 4.69) is 31.8 Å². The molecule has 0 spiro atoms. The van der Waals surface area contributed by atoms with Gasteiger partial charge < -0.3 is 9.64 Å². The van der Waals surface area contributed by atoms with Crippen LogP contribution in [-0.4, -0.2) is 70.1 Å². The lowest BCUT2D eigenvalue weighted by atomic mass is 10.2. The highest BCUT2D eigenvalue weighted by Crippen LogP contribution is 2.24. The van der Waals surface area contributed by atoms with Crippen molar-refractivity contribution in [1.82, 2.24) is 24.6 Å². The predicted octanol–water partition coefficient (Wildman–Crippen LogP) is 0.910. The van der Waals surface area contributed by atoms with Crippen molar-refractivity contribution in [3.8, 4) is 0 Å². The SMILES string of the molecule is CCOCCN1CCN(c2ncnc3c2cnn3C)C[C@@H]1C. The summed E-state index contributed by atoms with van der Waals surface area (Å²) >= 11 is 0. The molecule has 7 heteroatoms. The van der Waals surface area contributed by atoms with E-state index in [1.54, 1.807) is 11.0 Å². The minimum absolute atomic E-state index is 0.482. The summed E-state index contributed by atoms with van der Waals surface area (Å²) in [5.74, 6) is 0.995. The fourth-order valence-electron chi connectivity index (χ4n) is 3.05. The van der Waals surface area contributed by atoms with E-state index in [1.165, 1.54) is 0 Å². The Labute approximate surface area is 130 Å². The van der Waals surface area contributed by atoms with Gasteiger partial charge in [0, 0.05) is 45.9 Å². The smallest absolute Gasteiger partial charge is 0.163 e. The summed E-state index contributed by atoms with van der Waals surface area (Å²) in [6, 6.07) is 0.482. The number of fused-ring (bicyclic) bond motifs is 1. The van der Waals surface area contributed by atoms with Gasteiger partial charge >= 0.3 is 0 Å². The van der Waals surface area contributed by atoms with Gasteiger partial charge in [0.25, 0.3) is 0 Å². The third kappa shape index (κ3) is 2.91. The fourth-order valence-corrected chi connectivity index (χ4v) is 3.05. The van der Waals surface area contributed by atoms with Crippen LogP contribution in [-0.2, 0) is 11.8 Å². The number of piperazine rings is 1. The Morgan fingerprint density at radius 3 is 2.95 bits per heavy atom. The number of aromatic nitrogens is 4. The van der Waals surface area contributed by atoms with E-state index in [4.69, 9.17) is 4.74 Å². The molecule has 0 unspecified atom stereocenters. The highest BCUT2D eigenvalue weighted by atomic mass is 16.5. The number of rotatable bonds is 5. The van der Waals surface area contributed by atoms with Gasteiger partial charge in [0.1, 0.15) is 12.1 Å². The van der Waals surface area contributed by atoms with Gasteiger partial charge in [-0.3, -0.25) is 9.58 Å². The van der Waals surface area contributed by atoms with Gasteiger partial charge in [0.15, 0.2) is 5.65 Å². The fraction of sp³-hybridized carbons (Fsp3) is 0.667. The van der Waals surface area contributed by atoms with Crippen molar-refractivity contribution < 1.29 is 4.74 Å². The van der Waals surface area contributed by atoms with E-state index in [1.807, 2.05) is 20.2 Å². The van der Waals surface area contributed by atoms with Crippen molar-refractivity contribution in [2.24, 2.45) is 7.05 Å². The van der Waals surface area contributed by atoms with Gasteiger partial charge in [-0.05, 0) is 13.8 Å². The van der Waals surface area contributed by atoms with Crippen LogP contribution in [0.1, 0.15) is 13.8 Å². The molecular weight excluding hydrogens is 280 g/mol. The van der Waals surface area contributed by atoms with E-state index in [0.29, 0.717) is 6.04 Å². The van der Waals surface area contributed by atoms with E-state index < -0.39 is 0 Å². The lowest BCUT2D eigenvalue weighted by Gasteiger charge is -2.40. The second-order valence-electron chi connectivity index (χ2n) is 5.73. The topological polar surface area (TPSA) is 59.3 Å². The number of hydrogen-bond acceptors (Lipinski definition) is 6. The van der Waals surface area contributed by atoms with Crippen LogP contribution in [0.2, 0.25) is 0 Å². The molecule has 7 nitrogen and oxygen atoms in total. The van der Waals surface area contributed by atoms with Crippen LogP contribution in [0, 0.1) is 0 Å². The van der Waals surface area contributed by atoms with E-state index in [0.717, 1.165) is 56.2 Å². The van der Waals surface area contributed by atoms with Gasteiger partial charge in [-0.25, -0.2) is 9.97 Å². The second-order valence-corrected chi connectivity index (χ2v) is 5.73. The summed E-state index contributed by atoms with van der Waals surface area (Å²) in [5.41, 5.74) is 0.886. The molecule has 0 amide bonds. The van der Waals surface area contributed by atoms with Crippen LogP contribution in [0.3, 0.4) is 0 Å². The number of hydrogen-bond donors (Lipinski definition) is 0. The van der Waals surface area contributed by atoms with Gasteiger partial charge in [0.2, 0.25) is 0 Å². The second kappa shape index (κ2) is 6.58. The lowest BCUT2D eigenvalue weighted by Crippen LogP contribution is -2.53. The molecule has 3 rings (SSSR count). The molecule has 1 fully saturated rings. The first-order valence-corrected chi connectivity index (χ1v) is 7.90. The van der Waals surface area contributed by atoms with E-state index in [9.17, 15) is 0 Å². The average Bonchev–Trinajstić information content (AvgIpc) is 2.91. The number of ether oxygens (including phenoxy) is 1. The Hall–Kier alpha value is -1.73. The Morgan fingerprint density at radius 1 is 1.32 bits per heavy atom. The Balaban J connectivity index is 1.71. The Kier molecular flexibility index (Phi) is 4.54. The minimum atomic E-state index is 0.482. The average molecular weight is 304 g/mol. The summed E-state index contributed by atoms with van der Waals surface area (Å²) in [6.07, 6.45) is 3.49. The molecule has 1 atom stereocenters. The Bertz CT molecular complexity index is 628. The summed E-state index contributed by atoms with van der Waals surface area (Å²) < 4.78 is 7.26. The molecule has 0 aromatic carbocycles. The van der Waals surface area contributed by atoms with Crippen LogP contribution in [0.15, 0.2) is 12.5 Å². The van der Waals surface area contributed by atoms with Crippen molar-refractivity contribution in [2.45, 2.75) is 19.9 Å². The normalized spacial score (nSPS) is 20.0. The molecule has 0 N–H and O–H groups in total. The van der Waals surface area contributed by atoms with Crippen LogP contribution in [0.5, 0.6) is 0 Å². The first-order chi connectivity index (χ1) is 10.7. The highest BCUT2D eigenvalue weighted by molar-refractivity contribution is 5.86. The van der Waals surface area contributed by atoms with Crippen LogP contribution < -0.4 is 4.90 Å². The quantitative estimate of drug-likeness (QED) is 0.765. The molecule has 120 valence electrons. The van der Waals surface area contributed by atoms with Crippen molar-refractivity contribution in [3.63, 3.8) is 0 Å². The summed E-state index contributed by atoms with van der Waals surface area (Å²) in [4.78, 5) is 13.6. The minimum Gasteiger partial charge on any atom is -0.380 e. The van der Waals surface area contributed by atoms with Gasteiger partial charge in [0.05, 0.1) is 18.2 Å². The molecule has 22 heavy (non-hydrogen) atoms. The van der Waals surface area contributed by atoms with Crippen LogP contribution >= 0.6 is 0 Å². The maximum atomic E-state index is 5.47. The molecule has 2 aromatic rings. The molecule has 0 aliphatic carbocycles. The number of aryl methyl sites for hydroxylation is 1. The number of nitrogens with zero attached hydrogens (tertiary/aromatic N) is 6. The van der Waals surface area contributed by atoms with Crippen LogP contribution in [0.25, 0.3) is 11.0 Å². The van der Waals surface area contributed by atoms with E-state index in [-0.39, 0.29) is 0 Å². The summed E-state index contributed by atoms with van der Waals surface area (Å²) in [7, 11) is 1.91. The Morgan fingerprint density at radius 2 is 2.18 bits per heavy atom. The summed E-state index contributed by atoms with van der Waals surface area (Å²) in [5, 5.41) is 5.32. The lowest BCUT2D eigenvalue weighted by molar-refractivity contribution is 0.0925. The zero-order chi connectivity index (χ0) is 15.5. The molecule has 0 saturated carbocycles. The maximum absolute atomic E-state index is 5.47. The zero-order valence-corrected chi connectivity index (χ0v) is 13.6. The van der Waals surface area contributed by atoms with Crippen LogP contribution in [0.4, 0.5) is 5.82 Å². The maximum Gasteiger partial charge on any atom is 0.163 e. The standard InChI is InChI=1S/C15H24N6O/c1-4-22-8-7-20-5-6-21(10-12(20)2)15-13-9-18-19(3)14(13)16-11-17-15/h9,11-12H,4-8,10H2,1-3H3/t12-/m0/s1. The molecular formula is C15H24N6O. The molecule has 1 aliphatic rings. The van der Waals surface area contributed by atoms with Gasteiger partial charge in [-0.1, -0.05) is 0 Å². The monoisotopic (exact) mass is 304 g/mol. The first-order valence-electron chi connectivity index (χ1n) is 7.90. The molecule has 1 saturated heterocycles. The zero-order valence-electron chi connectivity index (χ0n) is 13.6. The number of anilines is 1. The third-order valence-electron chi connectivity index (χ3n) is 4.30. The predicted molar refractivity (Wildman–Crippen MR) is 86.0 cm³/mol. The summed E-state index contributed by atoms with van der Waals surface area (Å²) in [6.45, 7) is 9.85. The third-order valence-corrected chi connectivity index (χ3v) is 4.30. The largest absolute Gasteiger partial charge is 0.380 e. The first kappa shape index (κ1) is 15.2.